The Hall–Kier alpha value is -2.54. The van der Waals surface area contributed by atoms with Crippen LogP contribution in [-0.2, 0) is 25.8 Å². The van der Waals surface area contributed by atoms with Crippen molar-refractivity contribution in [1.29, 1.82) is 0 Å². The van der Waals surface area contributed by atoms with Crippen LogP contribution in [0.1, 0.15) is 79.0 Å². The van der Waals surface area contributed by atoms with Gasteiger partial charge in [-0.1, -0.05) is 80.5 Å². The molecule has 2 aromatic carbocycles. The molecule has 0 heterocycles. The first-order valence-corrected chi connectivity index (χ1v) is 12.6. The van der Waals surface area contributed by atoms with Gasteiger partial charge in [0.15, 0.2) is 13.2 Å². The van der Waals surface area contributed by atoms with Crippen molar-refractivity contribution in [3.05, 3.63) is 57.6 Å². The maximum atomic E-state index is 12.3. The second-order valence-electron chi connectivity index (χ2n) is 11.8. The zero-order chi connectivity index (χ0) is 26.6. The molecular weight excluding hydrogens is 508 g/mol. The second kappa shape index (κ2) is 11.0. The molecule has 0 atom stereocenters. The number of nitrogens with one attached hydrogen (secondary N) is 2. The summed E-state index contributed by atoms with van der Waals surface area (Å²) < 4.78 is 12.2. The molecule has 2 amide bonds. The highest BCUT2D eigenvalue weighted by atomic mass is 79.9. The highest BCUT2D eigenvalue weighted by Gasteiger charge is 2.23. The maximum Gasteiger partial charge on any atom is 0.276 e. The first-order valence-electron chi connectivity index (χ1n) is 11.8. The molecular formula is C28H39BrN2O4. The van der Waals surface area contributed by atoms with Crippen LogP contribution in [0.2, 0.25) is 0 Å². The van der Waals surface area contributed by atoms with Crippen molar-refractivity contribution in [2.24, 2.45) is 0 Å². The number of carbonyl (C=O) groups excluding carboxylic acids is 2. The van der Waals surface area contributed by atoms with Gasteiger partial charge in [-0.15, -0.1) is 0 Å². The average molecular weight is 548 g/mol. The average Bonchev–Trinajstić information content (AvgIpc) is 2.73. The van der Waals surface area contributed by atoms with E-state index >= 15 is 0 Å². The molecule has 0 bridgehead atoms. The minimum absolute atomic E-state index is 0.00642. The number of halogens is 1. The van der Waals surface area contributed by atoms with Gasteiger partial charge in [0.2, 0.25) is 0 Å². The third-order valence-electron chi connectivity index (χ3n) is 5.51. The number of amides is 2. The summed E-state index contributed by atoms with van der Waals surface area (Å²) in [7, 11) is 0. The van der Waals surface area contributed by atoms with Crippen LogP contribution in [0, 0.1) is 0 Å². The van der Waals surface area contributed by atoms with Gasteiger partial charge in [-0.3, -0.25) is 20.4 Å². The van der Waals surface area contributed by atoms with Crippen molar-refractivity contribution in [1.82, 2.24) is 10.9 Å². The Balaban J connectivity index is 1.89. The summed E-state index contributed by atoms with van der Waals surface area (Å²) in [5, 5.41) is 0. The molecule has 0 saturated carbocycles. The SMILES string of the molecule is CC(C)(C)c1ccc(OCC(=O)NNC(=O)COc2ccc(C(C)(C)C)cc2C(C)(C)C)c(Br)c1. The fraction of sp³-hybridized carbons (Fsp3) is 0.500. The van der Waals surface area contributed by atoms with Gasteiger partial charge in [-0.05, 0) is 67.1 Å². The summed E-state index contributed by atoms with van der Waals surface area (Å²) in [6.07, 6.45) is 0. The van der Waals surface area contributed by atoms with Gasteiger partial charge in [0, 0.05) is 0 Å². The van der Waals surface area contributed by atoms with E-state index in [4.69, 9.17) is 9.47 Å². The van der Waals surface area contributed by atoms with E-state index in [2.05, 4.69) is 95.2 Å². The van der Waals surface area contributed by atoms with Crippen LogP contribution in [-0.4, -0.2) is 25.0 Å². The van der Waals surface area contributed by atoms with E-state index in [1.165, 1.54) is 5.56 Å². The van der Waals surface area contributed by atoms with Gasteiger partial charge < -0.3 is 9.47 Å². The minimum Gasteiger partial charge on any atom is -0.483 e. The lowest BCUT2D eigenvalue weighted by molar-refractivity contribution is -0.131. The quantitative estimate of drug-likeness (QED) is 0.439. The van der Waals surface area contributed by atoms with Gasteiger partial charge in [-0.2, -0.15) is 0 Å². The zero-order valence-electron chi connectivity index (χ0n) is 22.4. The molecule has 0 spiro atoms. The fourth-order valence-corrected chi connectivity index (χ4v) is 3.78. The van der Waals surface area contributed by atoms with E-state index in [-0.39, 0.29) is 29.5 Å². The Morgan fingerprint density at radius 1 is 0.686 bits per heavy atom. The van der Waals surface area contributed by atoms with Crippen LogP contribution < -0.4 is 20.3 Å². The first-order chi connectivity index (χ1) is 16.0. The van der Waals surface area contributed by atoms with Gasteiger partial charge in [0.1, 0.15) is 11.5 Å². The van der Waals surface area contributed by atoms with Crippen molar-refractivity contribution < 1.29 is 19.1 Å². The van der Waals surface area contributed by atoms with Crippen LogP contribution in [0.15, 0.2) is 40.9 Å². The number of benzene rings is 2. The molecule has 0 fully saturated rings. The number of hydrazine groups is 1. The van der Waals surface area contributed by atoms with Crippen LogP contribution in [0.4, 0.5) is 0 Å². The Kier molecular flexibility index (Phi) is 9.04. The van der Waals surface area contributed by atoms with E-state index in [1.54, 1.807) is 0 Å². The van der Waals surface area contributed by atoms with Crippen molar-refractivity contribution in [2.45, 2.75) is 78.6 Å². The summed E-state index contributed by atoms with van der Waals surface area (Å²) in [4.78, 5) is 24.4. The lowest BCUT2D eigenvalue weighted by Gasteiger charge is -2.27. The molecule has 0 saturated heterocycles. The topological polar surface area (TPSA) is 76.7 Å². The molecule has 2 N–H and O–H groups in total. The van der Waals surface area contributed by atoms with Gasteiger partial charge in [-0.25, -0.2) is 0 Å². The summed E-state index contributed by atoms with van der Waals surface area (Å²) in [6, 6.07) is 11.8. The highest BCUT2D eigenvalue weighted by molar-refractivity contribution is 9.10. The van der Waals surface area contributed by atoms with Crippen LogP contribution in [0.25, 0.3) is 0 Å². The van der Waals surface area contributed by atoms with E-state index < -0.39 is 11.8 Å². The Labute approximate surface area is 218 Å². The summed E-state index contributed by atoms with van der Waals surface area (Å²) in [5.41, 5.74) is 7.96. The normalized spacial score (nSPS) is 12.2. The third kappa shape index (κ3) is 8.57. The molecule has 0 unspecified atom stereocenters. The standard InChI is InChI=1S/C28H39BrN2O4/c1-26(2,3)18-10-12-22(20(14-18)28(7,8)9)34-16-24(32)30-31-25(33)17-35-23-13-11-19(15-21(23)29)27(4,5)6/h10-15H,16-17H2,1-9H3,(H,30,32)(H,31,33). The van der Waals surface area contributed by atoms with Gasteiger partial charge in [0.25, 0.3) is 11.8 Å². The molecule has 7 heteroatoms. The second-order valence-corrected chi connectivity index (χ2v) is 12.6. The highest BCUT2D eigenvalue weighted by Crippen LogP contribution is 2.35. The number of rotatable bonds is 6. The Bertz CT molecular complexity index is 1060. The first kappa shape index (κ1) is 28.7. The zero-order valence-corrected chi connectivity index (χ0v) is 24.0. The molecule has 0 aromatic heterocycles. The molecule has 0 aliphatic carbocycles. The molecule has 0 aliphatic heterocycles. The van der Waals surface area contributed by atoms with E-state index in [0.717, 1.165) is 15.6 Å². The van der Waals surface area contributed by atoms with Gasteiger partial charge >= 0.3 is 0 Å². The maximum absolute atomic E-state index is 12.3. The smallest absolute Gasteiger partial charge is 0.276 e. The van der Waals surface area contributed by atoms with Crippen LogP contribution >= 0.6 is 15.9 Å². The number of carbonyl (C=O) groups is 2. The molecule has 2 aromatic rings. The summed E-state index contributed by atoms with van der Waals surface area (Å²) >= 11 is 3.49. The lowest BCUT2D eigenvalue weighted by atomic mass is 9.80. The molecule has 0 aliphatic rings. The number of hydrogen-bond donors (Lipinski definition) is 2. The molecule has 192 valence electrons. The minimum atomic E-state index is -0.477. The van der Waals surface area contributed by atoms with Crippen LogP contribution in [0.5, 0.6) is 11.5 Å². The predicted molar refractivity (Wildman–Crippen MR) is 144 cm³/mol. The summed E-state index contributed by atoms with van der Waals surface area (Å²) in [5.74, 6) is 0.263. The van der Waals surface area contributed by atoms with Gasteiger partial charge in [0.05, 0.1) is 4.47 Å². The monoisotopic (exact) mass is 546 g/mol. The lowest BCUT2D eigenvalue weighted by Crippen LogP contribution is -2.45. The largest absolute Gasteiger partial charge is 0.483 e. The predicted octanol–water partition coefficient (Wildman–Crippen LogP) is 5.95. The Morgan fingerprint density at radius 2 is 1.11 bits per heavy atom. The summed E-state index contributed by atoms with van der Waals surface area (Å²) in [6.45, 7) is 18.7. The molecule has 0 radical (unpaired) electrons. The number of ether oxygens (including phenoxy) is 2. The van der Waals surface area contributed by atoms with E-state index in [0.29, 0.717) is 11.5 Å². The van der Waals surface area contributed by atoms with E-state index in [9.17, 15) is 9.59 Å². The fourth-order valence-electron chi connectivity index (χ4n) is 3.29. The van der Waals surface area contributed by atoms with E-state index in [1.807, 2.05) is 30.3 Å². The molecule has 6 nitrogen and oxygen atoms in total. The van der Waals surface area contributed by atoms with Crippen molar-refractivity contribution in [2.75, 3.05) is 13.2 Å². The Morgan fingerprint density at radius 3 is 1.54 bits per heavy atom. The molecule has 2 rings (SSSR count). The van der Waals surface area contributed by atoms with Crippen molar-refractivity contribution >= 4 is 27.7 Å². The van der Waals surface area contributed by atoms with Crippen molar-refractivity contribution in [3.8, 4) is 11.5 Å². The third-order valence-corrected chi connectivity index (χ3v) is 6.13. The molecule has 35 heavy (non-hydrogen) atoms. The van der Waals surface area contributed by atoms with Crippen LogP contribution in [0.3, 0.4) is 0 Å². The number of hydrogen-bond acceptors (Lipinski definition) is 4. The van der Waals surface area contributed by atoms with Crippen molar-refractivity contribution in [3.63, 3.8) is 0 Å².